The normalized spacial score (nSPS) is 13.9. The zero-order valence-electron chi connectivity index (χ0n) is 16.3. The second kappa shape index (κ2) is 8.73. The number of carbonyl (C=O) groups excluding carboxylic acids is 1. The van der Waals surface area contributed by atoms with E-state index >= 15 is 0 Å². The number of nitro groups is 1. The van der Waals surface area contributed by atoms with Gasteiger partial charge in [0.05, 0.1) is 12.0 Å². The van der Waals surface area contributed by atoms with Gasteiger partial charge in [-0.1, -0.05) is 12.1 Å². The minimum atomic E-state index is -0.547. The highest BCUT2D eigenvalue weighted by Gasteiger charge is 2.20. The van der Waals surface area contributed by atoms with Crippen LogP contribution in [0.5, 0.6) is 5.75 Å². The van der Waals surface area contributed by atoms with Crippen molar-refractivity contribution in [1.29, 1.82) is 0 Å². The molecule has 0 radical (unpaired) electrons. The molecule has 1 aliphatic heterocycles. The first-order chi connectivity index (χ1) is 13.5. The van der Waals surface area contributed by atoms with E-state index in [2.05, 4.69) is 17.0 Å². The number of benzene rings is 2. The zero-order chi connectivity index (χ0) is 20.1. The van der Waals surface area contributed by atoms with Crippen LogP contribution in [0.25, 0.3) is 0 Å². The van der Waals surface area contributed by atoms with E-state index in [1.807, 2.05) is 12.1 Å². The minimum Gasteiger partial charge on any atom is -0.490 e. The molecule has 1 amide bonds. The van der Waals surface area contributed by atoms with Gasteiger partial charge in [0.2, 0.25) is 0 Å². The van der Waals surface area contributed by atoms with E-state index in [-0.39, 0.29) is 22.9 Å². The van der Waals surface area contributed by atoms with Crippen LogP contribution in [0, 0.1) is 10.1 Å². The van der Waals surface area contributed by atoms with Gasteiger partial charge in [-0.25, -0.2) is 0 Å². The lowest BCUT2D eigenvalue weighted by molar-refractivity contribution is -0.385. The quantitative estimate of drug-likeness (QED) is 0.559. The number of ether oxygens (including phenoxy) is 1. The molecule has 0 N–H and O–H groups in total. The first kappa shape index (κ1) is 19.7. The summed E-state index contributed by atoms with van der Waals surface area (Å²) in [5.41, 5.74) is 2.27. The van der Waals surface area contributed by atoms with Crippen LogP contribution >= 0.6 is 0 Å². The van der Waals surface area contributed by atoms with Gasteiger partial charge in [0.25, 0.3) is 5.91 Å². The third-order valence-electron chi connectivity index (χ3n) is 5.05. The second-order valence-corrected chi connectivity index (χ2v) is 7.02. The molecule has 1 aliphatic rings. The molecular weight excluding hydrogens is 358 g/mol. The topological polar surface area (TPSA) is 75.9 Å². The molecule has 0 aliphatic carbocycles. The molecule has 0 saturated carbocycles. The van der Waals surface area contributed by atoms with Gasteiger partial charge in [-0.3, -0.25) is 14.9 Å². The monoisotopic (exact) mass is 383 g/mol. The summed E-state index contributed by atoms with van der Waals surface area (Å²) in [6.45, 7) is 2.61. The van der Waals surface area contributed by atoms with E-state index in [9.17, 15) is 14.9 Å². The molecule has 3 rings (SSSR count). The van der Waals surface area contributed by atoms with E-state index in [1.165, 1.54) is 44.2 Å². The van der Waals surface area contributed by atoms with Crippen molar-refractivity contribution < 1.29 is 14.5 Å². The van der Waals surface area contributed by atoms with Crippen LogP contribution in [0.1, 0.15) is 35.2 Å². The van der Waals surface area contributed by atoms with Crippen LogP contribution < -0.4 is 9.64 Å². The zero-order valence-corrected chi connectivity index (χ0v) is 16.3. The molecule has 0 unspecified atom stereocenters. The summed E-state index contributed by atoms with van der Waals surface area (Å²) in [6.07, 6.45) is 3.75. The summed E-state index contributed by atoms with van der Waals surface area (Å²) >= 11 is 0. The molecular formula is C21H25N3O4. The Morgan fingerprint density at radius 1 is 1.14 bits per heavy atom. The van der Waals surface area contributed by atoms with Gasteiger partial charge < -0.3 is 14.5 Å². The van der Waals surface area contributed by atoms with Crippen molar-refractivity contribution in [1.82, 2.24) is 4.90 Å². The molecule has 0 atom stereocenters. The number of piperidine rings is 1. The van der Waals surface area contributed by atoms with Crippen LogP contribution in [0.2, 0.25) is 0 Å². The number of methoxy groups -OCH3 is 1. The van der Waals surface area contributed by atoms with Crippen molar-refractivity contribution in [3.63, 3.8) is 0 Å². The van der Waals surface area contributed by atoms with Crippen LogP contribution in [-0.4, -0.2) is 43.0 Å². The summed E-state index contributed by atoms with van der Waals surface area (Å²) < 4.78 is 4.99. The highest BCUT2D eigenvalue weighted by atomic mass is 16.6. The van der Waals surface area contributed by atoms with Gasteiger partial charge in [-0.2, -0.15) is 0 Å². The fourth-order valence-electron chi connectivity index (χ4n) is 3.50. The molecule has 1 fully saturated rings. The Morgan fingerprint density at radius 2 is 1.82 bits per heavy atom. The largest absolute Gasteiger partial charge is 0.490 e. The lowest BCUT2D eigenvalue weighted by atomic mass is 10.1. The average Bonchev–Trinajstić information content (AvgIpc) is 2.73. The highest BCUT2D eigenvalue weighted by Crippen LogP contribution is 2.28. The Balaban J connectivity index is 1.68. The standard InChI is InChI=1S/C21H25N3O4/c1-22(21(25)17-8-11-20(28-2)19(14-17)24(26)27)15-16-6-9-18(10-7-16)23-12-4-3-5-13-23/h6-11,14H,3-5,12-13,15H2,1-2H3. The van der Waals surface area contributed by atoms with Crippen molar-refractivity contribution in [2.75, 3.05) is 32.1 Å². The molecule has 0 spiro atoms. The maximum absolute atomic E-state index is 12.7. The fourth-order valence-corrected chi connectivity index (χ4v) is 3.50. The Kier molecular flexibility index (Phi) is 6.13. The predicted octanol–water partition coefficient (Wildman–Crippen LogP) is 3.87. The molecule has 28 heavy (non-hydrogen) atoms. The molecule has 2 aromatic carbocycles. The lowest BCUT2D eigenvalue weighted by Crippen LogP contribution is -2.29. The Labute approximate surface area is 164 Å². The number of nitro benzene ring substituents is 1. The number of hydrogen-bond acceptors (Lipinski definition) is 5. The number of anilines is 1. The summed E-state index contributed by atoms with van der Waals surface area (Å²) in [5, 5.41) is 11.2. The Bertz CT molecular complexity index is 845. The smallest absolute Gasteiger partial charge is 0.311 e. The van der Waals surface area contributed by atoms with Crippen molar-refractivity contribution in [3.05, 3.63) is 63.7 Å². The number of carbonyl (C=O) groups is 1. The first-order valence-corrected chi connectivity index (χ1v) is 9.41. The summed E-state index contributed by atoms with van der Waals surface area (Å²) in [5.74, 6) is -0.136. The summed E-state index contributed by atoms with van der Waals surface area (Å²) in [7, 11) is 3.06. The summed E-state index contributed by atoms with van der Waals surface area (Å²) in [6, 6.07) is 12.5. The minimum absolute atomic E-state index is 0.137. The number of rotatable bonds is 6. The highest BCUT2D eigenvalue weighted by molar-refractivity contribution is 5.95. The molecule has 7 nitrogen and oxygen atoms in total. The van der Waals surface area contributed by atoms with Crippen LogP contribution in [-0.2, 0) is 6.54 Å². The first-order valence-electron chi connectivity index (χ1n) is 9.41. The third kappa shape index (κ3) is 4.42. The molecule has 1 saturated heterocycles. The van der Waals surface area contributed by atoms with E-state index in [0.717, 1.165) is 18.7 Å². The van der Waals surface area contributed by atoms with Crippen molar-refractivity contribution in [2.24, 2.45) is 0 Å². The van der Waals surface area contributed by atoms with E-state index in [4.69, 9.17) is 4.74 Å². The molecule has 2 aromatic rings. The fraction of sp³-hybridized carbons (Fsp3) is 0.381. The molecule has 0 aromatic heterocycles. The lowest BCUT2D eigenvalue weighted by Gasteiger charge is -2.29. The van der Waals surface area contributed by atoms with Crippen LogP contribution in [0.4, 0.5) is 11.4 Å². The van der Waals surface area contributed by atoms with Crippen molar-refractivity contribution in [3.8, 4) is 5.75 Å². The molecule has 148 valence electrons. The van der Waals surface area contributed by atoms with Gasteiger partial charge in [0.15, 0.2) is 5.75 Å². The summed E-state index contributed by atoms with van der Waals surface area (Å²) in [4.78, 5) is 27.3. The molecule has 0 bridgehead atoms. The van der Waals surface area contributed by atoms with Crippen molar-refractivity contribution >= 4 is 17.3 Å². The average molecular weight is 383 g/mol. The maximum atomic E-state index is 12.7. The molecule has 1 heterocycles. The van der Waals surface area contributed by atoms with Gasteiger partial charge >= 0.3 is 5.69 Å². The SMILES string of the molecule is COc1ccc(C(=O)N(C)Cc2ccc(N3CCCCC3)cc2)cc1[N+](=O)[O-]. The predicted molar refractivity (Wildman–Crippen MR) is 108 cm³/mol. The van der Waals surface area contributed by atoms with Gasteiger partial charge in [0, 0.05) is 44.0 Å². The maximum Gasteiger partial charge on any atom is 0.311 e. The van der Waals surface area contributed by atoms with Gasteiger partial charge in [0.1, 0.15) is 0 Å². The van der Waals surface area contributed by atoms with Crippen molar-refractivity contribution in [2.45, 2.75) is 25.8 Å². The van der Waals surface area contributed by atoms with Gasteiger partial charge in [-0.05, 0) is 49.1 Å². The van der Waals surface area contributed by atoms with Crippen LogP contribution in [0.3, 0.4) is 0 Å². The molecule has 7 heteroatoms. The van der Waals surface area contributed by atoms with Gasteiger partial charge in [-0.15, -0.1) is 0 Å². The van der Waals surface area contributed by atoms with E-state index in [1.54, 1.807) is 18.0 Å². The third-order valence-corrected chi connectivity index (χ3v) is 5.05. The number of nitrogens with zero attached hydrogens (tertiary/aromatic N) is 3. The second-order valence-electron chi connectivity index (χ2n) is 7.02. The Morgan fingerprint density at radius 3 is 2.43 bits per heavy atom. The van der Waals surface area contributed by atoms with Crippen LogP contribution in [0.15, 0.2) is 42.5 Å². The van der Waals surface area contributed by atoms with E-state index in [0.29, 0.717) is 6.54 Å². The number of amides is 1. The Hall–Kier alpha value is -3.09. The number of hydrogen-bond donors (Lipinski definition) is 0. The van der Waals surface area contributed by atoms with E-state index < -0.39 is 4.92 Å².